The maximum Gasteiger partial charge on any atom is 0.0953 e. The summed E-state index contributed by atoms with van der Waals surface area (Å²) in [5.41, 5.74) is 6.05. The predicted molar refractivity (Wildman–Crippen MR) is 153 cm³/mol. The third-order valence-electron chi connectivity index (χ3n) is 7.05. The summed E-state index contributed by atoms with van der Waals surface area (Å²) in [6, 6.07) is 42.2. The molecule has 0 bridgehead atoms. The summed E-state index contributed by atoms with van der Waals surface area (Å²) in [6.45, 7) is 0. The number of imidazole rings is 1. The number of nitrogens with zero attached hydrogens (tertiary/aromatic N) is 2. The lowest BCUT2D eigenvalue weighted by molar-refractivity contribution is 0.590. The number of benzene rings is 4. The highest BCUT2D eigenvalue weighted by atomic mass is 28.2. The molecule has 1 fully saturated rings. The number of hydrogen-bond acceptors (Lipinski definition) is 1. The summed E-state index contributed by atoms with van der Waals surface area (Å²) in [7, 11) is 5.74. The Hall–Kier alpha value is -3.63. The van der Waals surface area contributed by atoms with Crippen LogP contribution in [0.4, 0.5) is 0 Å². The largest absolute Gasteiger partial charge is 0.327 e. The Morgan fingerprint density at radius 3 is 1.53 bits per heavy atom. The molecule has 0 saturated heterocycles. The van der Waals surface area contributed by atoms with Crippen LogP contribution in [-0.2, 0) is 5.16 Å². The molecule has 5 aromatic rings. The first-order valence-electron chi connectivity index (χ1n) is 12.7. The SMILES string of the molecule is [B]C(c1ccccc1)c1ccccc1.c1ccc(C([SiH2]C2CC2)(c2ccccc2)n2ccnc2)cc1. The molecule has 176 valence electrons. The lowest BCUT2D eigenvalue weighted by Crippen LogP contribution is -2.41. The van der Waals surface area contributed by atoms with E-state index in [0.29, 0.717) is 0 Å². The summed E-state index contributed by atoms with van der Waals surface area (Å²) in [5, 5.41) is -0.0137. The van der Waals surface area contributed by atoms with Crippen molar-refractivity contribution >= 4 is 17.4 Å². The van der Waals surface area contributed by atoms with Gasteiger partial charge in [0.05, 0.1) is 28.9 Å². The van der Waals surface area contributed by atoms with Crippen LogP contribution in [0.5, 0.6) is 0 Å². The minimum atomic E-state index is -0.378. The van der Waals surface area contributed by atoms with Gasteiger partial charge in [0, 0.05) is 12.4 Å². The first-order chi connectivity index (χ1) is 17.8. The molecule has 1 aromatic heterocycles. The van der Waals surface area contributed by atoms with Crippen molar-refractivity contribution in [2.45, 2.75) is 29.4 Å². The van der Waals surface area contributed by atoms with E-state index in [0.717, 1.165) is 16.7 Å². The molecule has 2 radical (unpaired) electrons. The molecule has 0 aliphatic heterocycles. The van der Waals surface area contributed by atoms with E-state index in [4.69, 9.17) is 7.85 Å². The van der Waals surface area contributed by atoms with Crippen molar-refractivity contribution in [3.05, 3.63) is 162 Å². The second-order valence-electron chi connectivity index (χ2n) is 9.51. The van der Waals surface area contributed by atoms with Crippen molar-refractivity contribution in [1.82, 2.24) is 9.55 Å². The fourth-order valence-electron chi connectivity index (χ4n) is 4.97. The van der Waals surface area contributed by atoms with Crippen LogP contribution >= 0.6 is 0 Å². The van der Waals surface area contributed by atoms with Crippen LogP contribution < -0.4 is 0 Å². The van der Waals surface area contributed by atoms with E-state index < -0.39 is 0 Å². The van der Waals surface area contributed by atoms with E-state index in [9.17, 15) is 0 Å². The van der Waals surface area contributed by atoms with E-state index in [1.54, 1.807) is 0 Å². The molecule has 4 aromatic carbocycles. The highest BCUT2D eigenvalue weighted by molar-refractivity contribution is 6.44. The van der Waals surface area contributed by atoms with Gasteiger partial charge in [-0.25, -0.2) is 4.98 Å². The van der Waals surface area contributed by atoms with E-state index in [1.165, 1.54) is 24.0 Å². The molecule has 0 unspecified atom stereocenters. The topological polar surface area (TPSA) is 17.8 Å². The Kier molecular flexibility index (Phi) is 7.63. The fraction of sp³-hybridized carbons (Fsp3) is 0.156. The minimum absolute atomic E-state index is 0.0137. The van der Waals surface area contributed by atoms with E-state index in [2.05, 4.69) is 101 Å². The van der Waals surface area contributed by atoms with Crippen LogP contribution in [0.15, 0.2) is 140 Å². The Labute approximate surface area is 218 Å². The summed E-state index contributed by atoms with van der Waals surface area (Å²) in [4.78, 5) is 4.35. The molecule has 2 nitrogen and oxygen atoms in total. The molecular formula is C32H31BN2Si. The zero-order valence-electron chi connectivity index (χ0n) is 20.5. The van der Waals surface area contributed by atoms with Gasteiger partial charge in [0.2, 0.25) is 0 Å². The quantitative estimate of drug-likeness (QED) is 0.248. The average molecular weight is 483 g/mol. The van der Waals surface area contributed by atoms with Crippen LogP contribution in [0.25, 0.3) is 0 Å². The van der Waals surface area contributed by atoms with Crippen molar-refractivity contribution in [2.75, 3.05) is 0 Å². The molecule has 0 N–H and O–H groups in total. The van der Waals surface area contributed by atoms with Crippen LogP contribution in [0.2, 0.25) is 5.54 Å². The maximum absolute atomic E-state index is 6.12. The van der Waals surface area contributed by atoms with Crippen molar-refractivity contribution in [3.8, 4) is 0 Å². The van der Waals surface area contributed by atoms with Gasteiger partial charge < -0.3 is 4.57 Å². The lowest BCUT2D eigenvalue weighted by Gasteiger charge is -2.37. The molecule has 6 rings (SSSR count). The second kappa shape index (κ2) is 11.4. The van der Waals surface area contributed by atoms with Crippen LogP contribution in [0, 0.1) is 0 Å². The summed E-state index contributed by atoms with van der Waals surface area (Å²) >= 11 is 0. The highest BCUT2D eigenvalue weighted by Gasteiger charge is 2.41. The highest BCUT2D eigenvalue weighted by Crippen LogP contribution is 2.44. The Bertz CT molecular complexity index is 1230. The van der Waals surface area contributed by atoms with E-state index >= 15 is 0 Å². The van der Waals surface area contributed by atoms with Gasteiger partial charge in [-0.1, -0.05) is 134 Å². The first kappa shape index (κ1) is 24.1. The first-order valence-corrected chi connectivity index (χ1v) is 14.2. The van der Waals surface area contributed by atoms with Gasteiger partial charge in [0.15, 0.2) is 0 Å². The summed E-state index contributed by atoms with van der Waals surface area (Å²) in [5.74, 6) is -0.0163. The molecule has 0 atom stereocenters. The van der Waals surface area contributed by atoms with Crippen LogP contribution in [-0.4, -0.2) is 26.9 Å². The van der Waals surface area contributed by atoms with Crippen molar-refractivity contribution in [2.24, 2.45) is 0 Å². The van der Waals surface area contributed by atoms with Crippen molar-refractivity contribution < 1.29 is 0 Å². The zero-order chi connectivity index (χ0) is 24.6. The molecule has 0 amide bonds. The molecule has 1 aliphatic rings. The second-order valence-corrected chi connectivity index (χ2v) is 12.1. The van der Waals surface area contributed by atoms with Crippen molar-refractivity contribution in [3.63, 3.8) is 0 Å². The van der Waals surface area contributed by atoms with Gasteiger partial charge in [-0.05, 0) is 33.6 Å². The third kappa shape index (κ3) is 5.44. The lowest BCUT2D eigenvalue weighted by atomic mass is 9.76. The van der Waals surface area contributed by atoms with Gasteiger partial charge in [0.1, 0.15) is 0 Å². The monoisotopic (exact) mass is 482 g/mol. The summed E-state index contributed by atoms with van der Waals surface area (Å²) < 4.78 is 2.35. The normalized spacial score (nSPS) is 13.5. The van der Waals surface area contributed by atoms with Gasteiger partial charge in [-0.2, -0.15) is 0 Å². The standard InChI is InChI=1S/C19H20N2Si.C13H11B/c1-3-7-16(8-4-1)19(22-18-11-12-18,21-14-13-20-15-21)17-9-5-2-6-10-17;14-13(11-7-3-1-4-8-11)12-9-5-2-6-10-12/h1-10,13-15,18H,11-12,22H2;1-10,13H. The molecule has 0 spiro atoms. The van der Waals surface area contributed by atoms with Gasteiger partial charge in [-0.3, -0.25) is 0 Å². The van der Waals surface area contributed by atoms with E-state index in [-0.39, 0.29) is 20.5 Å². The maximum atomic E-state index is 6.12. The predicted octanol–water partition coefficient (Wildman–Crippen LogP) is 6.33. The van der Waals surface area contributed by atoms with E-state index in [1.807, 2.05) is 48.9 Å². The Balaban J connectivity index is 0.000000165. The number of aromatic nitrogens is 2. The Morgan fingerprint density at radius 2 is 1.14 bits per heavy atom. The van der Waals surface area contributed by atoms with Crippen LogP contribution in [0.1, 0.15) is 40.9 Å². The van der Waals surface area contributed by atoms with Gasteiger partial charge >= 0.3 is 0 Å². The molecule has 1 aliphatic carbocycles. The summed E-state index contributed by atoms with van der Waals surface area (Å²) in [6.07, 6.45) is 8.84. The fourth-order valence-corrected chi connectivity index (χ4v) is 7.79. The molecule has 1 saturated carbocycles. The molecular weight excluding hydrogens is 451 g/mol. The smallest absolute Gasteiger partial charge is 0.0953 e. The van der Waals surface area contributed by atoms with Gasteiger partial charge in [-0.15, -0.1) is 0 Å². The van der Waals surface area contributed by atoms with Crippen LogP contribution in [0.3, 0.4) is 0 Å². The minimum Gasteiger partial charge on any atom is -0.327 e. The molecule has 1 heterocycles. The van der Waals surface area contributed by atoms with Gasteiger partial charge in [0.25, 0.3) is 0 Å². The zero-order valence-corrected chi connectivity index (χ0v) is 21.9. The number of rotatable bonds is 7. The van der Waals surface area contributed by atoms with Crippen molar-refractivity contribution in [1.29, 1.82) is 0 Å². The number of hydrogen-bond donors (Lipinski definition) is 0. The third-order valence-corrected chi connectivity index (χ3v) is 10.2. The molecule has 4 heteroatoms. The average Bonchev–Trinajstić information content (AvgIpc) is 3.62. The Morgan fingerprint density at radius 1 is 0.694 bits per heavy atom. The molecule has 36 heavy (non-hydrogen) atoms.